The van der Waals surface area contributed by atoms with Crippen molar-refractivity contribution >= 4 is 17.9 Å². The van der Waals surface area contributed by atoms with E-state index in [0.29, 0.717) is 12.8 Å². The zero-order valence-electron chi connectivity index (χ0n) is 50.4. The van der Waals surface area contributed by atoms with Crippen molar-refractivity contribution in [1.29, 1.82) is 0 Å². The number of ether oxygens (including phenoxy) is 3. The molecule has 0 aromatic carbocycles. The van der Waals surface area contributed by atoms with Gasteiger partial charge in [-0.2, -0.15) is 0 Å². The van der Waals surface area contributed by atoms with Gasteiger partial charge in [-0.1, -0.05) is 276 Å². The lowest BCUT2D eigenvalue weighted by molar-refractivity contribution is -0.166. The van der Waals surface area contributed by atoms with Crippen molar-refractivity contribution in [2.75, 3.05) is 13.2 Å². The molecule has 0 spiro atoms. The van der Waals surface area contributed by atoms with Gasteiger partial charge in [0, 0.05) is 12.8 Å². The summed E-state index contributed by atoms with van der Waals surface area (Å²) >= 11 is 0. The number of hydrogen-bond acceptors (Lipinski definition) is 6. The normalized spacial score (nSPS) is 13.1. The Morgan fingerprint density at radius 3 is 0.910 bits per heavy atom. The summed E-state index contributed by atoms with van der Waals surface area (Å²) in [4.78, 5) is 38.2. The van der Waals surface area contributed by atoms with Crippen LogP contribution in [-0.4, -0.2) is 37.2 Å². The van der Waals surface area contributed by atoms with Gasteiger partial charge in [0.1, 0.15) is 13.2 Å². The molecule has 0 saturated heterocycles. The molecule has 0 radical (unpaired) electrons. The Kier molecular flexibility index (Phi) is 60.9. The first kappa shape index (κ1) is 73.3. The highest BCUT2D eigenvalue weighted by Gasteiger charge is 2.19. The van der Waals surface area contributed by atoms with E-state index >= 15 is 0 Å². The number of carbonyl (C=O) groups excluding carboxylic acids is 3. The van der Waals surface area contributed by atoms with E-state index in [4.69, 9.17) is 14.2 Å². The molecule has 78 heavy (non-hydrogen) atoms. The zero-order chi connectivity index (χ0) is 56.4. The van der Waals surface area contributed by atoms with E-state index in [1.54, 1.807) is 6.08 Å². The molecule has 0 rings (SSSR count). The highest BCUT2D eigenvalue weighted by atomic mass is 16.6. The molecule has 6 heteroatoms. The molecule has 0 aliphatic heterocycles. The molecular formula is C72H116O6. The fourth-order valence-electron chi connectivity index (χ4n) is 8.40. The van der Waals surface area contributed by atoms with Crippen LogP contribution >= 0.6 is 0 Å². The molecule has 0 aromatic heterocycles. The van der Waals surface area contributed by atoms with Crippen LogP contribution < -0.4 is 0 Å². The van der Waals surface area contributed by atoms with Crippen LogP contribution in [0.5, 0.6) is 0 Å². The highest BCUT2D eigenvalue weighted by Crippen LogP contribution is 2.15. The Hall–Kier alpha value is -4.71. The van der Waals surface area contributed by atoms with Crippen LogP contribution in [0.3, 0.4) is 0 Å². The first-order valence-electron chi connectivity index (χ1n) is 31.8. The minimum absolute atomic E-state index is 0.118. The lowest BCUT2D eigenvalue weighted by Gasteiger charge is -2.18. The van der Waals surface area contributed by atoms with E-state index in [0.717, 1.165) is 128 Å². The Bertz CT molecular complexity index is 1710. The molecule has 0 bridgehead atoms. The van der Waals surface area contributed by atoms with Gasteiger partial charge in [0.05, 0.1) is 6.42 Å². The predicted molar refractivity (Wildman–Crippen MR) is 339 cm³/mol. The van der Waals surface area contributed by atoms with Gasteiger partial charge in [0.15, 0.2) is 6.10 Å². The molecular weight excluding hydrogens is 961 g/mol. The van der Waals surface area contributed by atoms with Gasteiger partial charge in [-0.3, -0.25) is 14.4 Å². The van der Waals surface area contributed by atoms with Gasteiger partial charge in [-0.25, -0.2) is 0 Å². The van der Waals surface area contributed by atoms with Crippen LogP contribution in [0.4, 0.5) is 0 Å². The Labute approximate surface area is 480 Å². The largest absolute Gasteiger partial charge is 0.462 e. The summed E-state index contributed by atoms with van der Waals surface area (Å²) in [7, 11) is 0. The molecule has 6 nitrogen and oxygen atoms in total. The van der Waals surface area contributed by atoms with E-state index < -0.39 is 12.1 Å². The average Bonchev–Trinajstić information content (AvgIpc) is 3.44. The second-order valence-corrected chi connectivity index (χ2v) is 20.6. The van der Waals surface area contributed by atoms with Crippen LogP contribution in [0.2, 0.25) is 0 Å². The summed E-state index contributed by atoms with van der Waals surface area (Å²) in [6, 6.07) is 0. The molecule has 0 aliphatic carbocycles. The minimum atomic E-state index is -0.830. The van der Waals surface area contributed by atoms with Gasteiger partial charge < -0.3 is 14.2 Å². The molecule has 0 N–H and O–H groups in total. The van der Waals surface area contributed by atoms with E-state index in [2.05, 4.69) is 154 Å². The monoisotopic (exact) mass is 1080 g/mol. The van der Waals surface area contributed by atoms with Gasteiger partial charge in [0.25, 0.3) is 0 Å². The molecule has 0 aromatic rings. The van der Waals surface area contributed by atoms with Crippen molar-refractivity contribution in [3.05, 3.63) is 146 Å². The fraction of sp³-hybridized carbons (Fsp3) is 0.625. The number of carbonyl (C=O) groups is 3. The number of rotatable bonds is 56. The highest BCUT2D eigenvalue weighted by molar-refractivity contribution is 5.72. The molecule has 0 saturated carbocycles. The first-order valence-corrected chi connectivity index (χ1v) is 31.8. The second kappa shape index (κ2) is 64.8. The summed E-state index contributed by atoms with van der Waals surface area (Å²) in [5, 5.41) is 0. The molecule has 0 aliphatic rings. The SMILES string of the molecule is CC/C=C\C/C=C\C/C=C\C/C=C\C/C=C\C/C=C\CCCCCCCCCCCCC(=O)OCC(COC(=O)C/C=C\C/C=C\C/C=C\C/C=C\C/C=C\CC)OC(=O)CCCCCCC/C=C\CCCCCCCCC. The van der Waals surface area contributed by atoms with Crippen molar-refractivity contribution < 1.29 is 28.6 Å². The third-order valence-electron chi connectivity index (χ3n) is 13.1. The van der Waals surface area contributed by atoms with Gasteiger partial charge in [0.2, 0.25) is 0 Å². The lowest BCUT2D eigenvalue weighted by atomic mass is 10.1. The topological polar surface area (TPSA) is 78.9 Å². The molecule has 1 atom stereocenters. The molecule has 1 unspecified atom stereocenters. The van der Waals surface area contributed by atoms with Crippen molar-refractivity contribution in [3.63, 3.8) is 0 Å². The Morgan fingerprint density at radius 2 is 0.551 bits per heavy atom. The molecule has 0 fully saturated rings. The minimum Gasteiger partial charge on any atom is -0.462 e. The number of allylic oxidation sites excluding steroid dienone is 23. The van der Waals surface area contributed by atoms with Crippen LogP contribution in [-0.2, 0) is 28.6 Å². The van der Waals surface area contributed by atoms with Crippen molar-refractivity contribution in [2.24, 2.45) is 0 Å². The molecule has 0 heterocycles. The van der Waals surface area contributed by atoms with E-state index in [9.17, 15) is 14.4 Å². The van der Waals surface area contributed by atoms with E-state index in [1.165, 1.54) is 103 Å². The average molecular weight is 1080 g/mol. The fourth-order valence-corrected chi connectivity index (χ4v) is 8.40. The van der Waals surface area contributed by atoms with Crippen LogP contribution in [0.1, 0.15) is 271 Å². The van der Waals surface area contributed by atoms with E-state index in [-0.39, 0.29) is 31.6 Å². The summed E-state index contributed by atoms with van der Waals surface area (Å²) in [6.07, 6.45) is 93.1. The lowest BCUT2D eigenvalue weighted by Crippen LogP contribution is -2.30. The smallest absolute Gasteiger partial charge is 0.309 e. The number of hydrogen-bond donors (Lipinski definition) is 0. The quantitative estimate of drug-likeness (QED) is 0.0261. The Balaban J connectivity index is 4.40. The van der Waals surface area contributed by atoms with Gasteiger partial charge in [-0.05, 0) is 122 Å². The zero-order valence-corrected chi connectivity index (χ0v) is 50.4. The van der Waals surface area contributed by atoms with Gasteiger partial charge >= 0.3 is 17.9 Å². The standard InChI is InChI=1S/C72H116O6/c1-4-7-10-13-16-19-22-25-28-30-31-32-33-34-35-36-37-38-39-40-41-42-45-47-50-53-56-59-62-65-71(74)77-68-69(67-76-70(73)64-61-58-55-52-49-46-43-27-24-21-18-15-12-9-6-3)78-72(75)66-63-60-57-54-51-48-44-29-26-23-20-17-14-11-8-5-2/h7,9-10,12,16,18-19,21,25,27-29,31-32,34-35,37-38,43-44,49,52,58,61,69H,4-6,8,11,13-15,17,20,22-24,26,30,33,36,39-42,45-48,50-51,53-57,59-60,62-68H2,1-3H3/b10-7-,12-9-,19-16-,21-18-,28-25-,32-31-,35-34-,38-37-,43-27-,44-29-,52-49-,61-58-. The summed E-state index contributed by atoms with van der Waals surface area (Å²) in [5.41, 5.74) is 0. The Morgan fingerprint density at radius 1 is 0.282 bits per heavy atom. The van der Waals surface area contributed by atoms with E-state index in [1.807, 2.05) is 6.08 Å². The second-order valence-electron chi connectivity index (χ2n) is 20.6. The van der Waals surface area contributed by atoms with Crippen LogP contribution in [0, 0.1) is 0 Å². The predicted octanol–water partition coefficient (Wildman–Crippen LogP) is 21.9. The van der Waals surface area contributed by atoms with Crippen molar-refractivity contribution in [3.8, 4) is 0 Å². The number of unbranched alkanes of at least 4 members (excludes halogenated alkanes) is 22. The van der Waals surface area contributed by atoms with Crippen molar-refractivity contribution in [1.82, 2.24) is 0 Å². The first-order chi connectivity index (χ1) is 38.5. The maximum absolute atomic E-state index is 12.9. The summed E-state index contributed by atoms with van der Waals surface area (Å²) in [5.74, 6) is -1.06. The maximum atomic E-state index is 12.9. The summed E-state index contributed by atoms with van der Waals surface area (Å²) in [6.45, 7) is 6.31. The third-order valence-corrected chi connectivity index (χ3v) is 13.1. The summed E-state index contributed by atoms with van der Waals surface area (Å²) < 4.78 is 16.8. The van der Waals surface area contributed by atoms with Crippen molar-refractivity contribution in [2.45, 2.75) is 277 Å². The number of esters is 3. The van der Waals surface area contributed by atoms with Crippen LogP contribution in [0.25, 0.3) is 0 Å². The van der Waals surface area contributed by atoms with Gasteiger partial charge in [-0.15, -0.1) is 0 Å². The molecule has 0 amide bonds. The van der Waals surface area contributed by atoms with Crippen LogP contribution in [0.15, 0.2) is 146 Å². The third kappa shape index (κ3) is 62.1. The maximum Gasteiger partial charge on any atom is 0.309 e. The molecule has 440 valence electrons.